The van der Waals surface area contributed by atoms with Crippen molar-refractivity contribution in [2.24, 2.45) is 10.9 Å². The highest BCUT2D eigenvalue weighted by Gasteiger charge is 2.27. The second kappa shape index (κ2) is 10.7. The number of aliphatic imine (C=N–C) groups is 1. The van der Waals surface area contributed by atoms with Gasteiger partial charge < -0.3 is 9.47 Å². The molecule has 5 nitrogen and oxygen atoms in total. The van der Waals surface area contributed by atoms with Crippen molar-refractivity contribution in [3.05, 3.63) is 83.1 Å². The van der Waals surface area contributed by atoms with E-state index in [2.05, 4.69) is 0 Å². The molecule has 31 heavy (non-hydrogen) atoms. The van der Waals surface area contributed by atoms with Crippen LogP contribution in [-0.2, 0) is 19.1 Å². The van der Waals surface area contributed by atoms with E-state index in [-0.39, 0.29) is 12.3 Å². The van der Waals surface area contributed by atoms with Gasteiger partial charge in [-0.05, 0) is 47.1 Å². The van der Waals surface area contributed by atoms with Gasteiger partial charge in [-0.1, -0.05) is 60.7 Å². The molecule has 0 aliphatic carbocycles. The Morgan fingerprint density at radius 3 is 1.84 bits per heavy atom. The molecule has 5 heteroatoms. The third kappa shape index (κ3) is 6.92. The zero-order valence-electron chi connectivity index (χ0n) is 19.1. The first-order valence-electron chi connectivity index (χ1n) is 10.4. The van der Waals surface area contributed by atoms with E-state index in [0.29, 0.717) is 11.3 Å². The third-order valence-corrected chi connectivity index (χ3v) is 4.57. The first kappa shape index (κ1) is 24.1. The van der Waals surface area contributed by atoms with Gasteiger partial charge in [0, 0.05) is 11.1 Å². The smallest absolute Gasteiger partial charge is 0.357 e. The van der Waals surface area contributed by atoms with Crippen LogP contribution in [0.2, 0.25) is 0 Å². The van der Waals surface area contributed by atoms with Crippen molar-refractivity contribution in [3.63, 3.8) is 0 Å². The maximum atomic E-state index is 13.1. The van der Waals surface area contributed by atoms with E-state index in [0.717, 1.165) is 11.1 Å². The van der Waals surface area contributed by atoms with Crippen molar-refractivity contribution >= 4 is 17.7 Å². The highest BCUT2D eigenvalue weighted by molar-refractivity contribution is 6.14. The number of carbonyl (C=O) groups excluding carboxylic acids is 2. The second-order valence-corrected chi connectivity index (χ2v) is 8.20. The Kier molecular flexibility index (Phi) is 8.31. The van der Waals surface area contributed by atoms with Crippen molar-refractivity contribution in [1.82, 2.24) is 0 Å². The lowest BCUT2D eigenvalue weighted by Gasteiger charge is -2.22. The Bertz CT molecular complexity index is 912. The first-order valence-corrected chi connectivity index (χ1v) is 10.4. The highest BCUT2D eigenvalue weighted by atomic mass is 16.6. The summed E-state index contributed by atoms with van der Waals surface area (Å²) in [6.45, 7) is 10.8. The molecule has 2 aromatic carbocycles. The van der Waals surface area contributed by atoms with Crippen molar-refractivity contribution in [1.29, 1.82) is 0 Å². The lowest BCUT2D eigenvalue weighted by molar-refractivity contribution is -0.150. The molecule has 0 spiro atoms. The van der Waals surface area contributed by atoms with Gasteiger partial charge in [0.2, 0.25) is 0 Å². The molecule has 0 saturated heterocycles. The van der Waals surface area contributed by atoms with Gasteiger partial charge in [-0.2, -0.15) is 0 Å². The van der Waals surface area contributed by atoms with E-state index in [1.165, 1.54) is 0 Å². The third-order valence-electron chi connectivity index (χ3n) is 4.57. The van der Waals surface area contributed by atoms with Crippen LogP contribution in [0.4, 0.5) is 0 Å². The molecule has 0 N–H and O–H groups in total. The van der Waals surface area contributed by atoms with Crippen molar-refractivity contribution < 1.29 is 19.1 Å². The zero-order chi connectivity index (χ0) is 23.0. The maximum Gasteiger partial charge on any atom is 0.357 e. The molecule has 1 atom stereocenters. The Labute approximate surface area is 184 Å². The molecule has 0 heterocycles. The largest absolute Gasteiger partial charge is 0.466 e. The van der Waals surface area contributed by atoms with Crippen molar-refractivity contribution in [2.45, 2.75) is 47.1 Å². The molecule has 0 amide bonds. The number of ether oxygens (including phenoxy) is 2. The summed E-state index contributed by atoms with van der Waals surface area (Å²) in [5.41, 5.74) is 2.23. The Morgan fingerprint density at radius 2 is 1.42 bits per heavy atom. The Hall–Kier alpha value is -3.21. The van der Waals surface area contributed by atoms with Crippen molar-refractivity contribution in [3.8, 4) is 0 Å². The number of benzene rings is 2. The minimum Gasteiger partial charge on any atom is -0.466 e. The molecule has 164 valence electrons. The molecule has 0 bridgehead atoms. The number of nitrogens with zero attached hydrogens (tertiary/aromatic N) is 1. The molecule has 0 aliphatic rings. The number of hydrogen-bond donors (Lipinski definition) is 0. The standard InChI is InChI=1S/C26H31NO4/c1-7-30-24(28)19(3)18(2)22(25(29)31-26(4,5)6)27-23(20-14-10-8-11-15-20)21-16-12-9-13-17-21/h8-17,19H,7H2,1-6H3/b22-18-. The van der Waals surface area contributed by atoms with Crippen LogP contribution in [0.3, 0.4) is 0 Å². The fourth-order valence-electron chi connectivity index (χ4n) is 2.87. The molecular formula is C26H31NO4. The summed E-state index contributed by atoms with van der Waals surface area (Å²) in [5.74, 6) is -1.62. The molecule has 0 aromatic heterocycles. The molecular weight excluding hydrogens is 390 g/mol. The number of rotatable bonds is 7. The molecule has 0 aliphatic heterocycles. The molecule has 0 fully saturated rings. The quantitative estimate of drug-likeness (QED) is 0.344. The summed E-state index contributed by atoms with van der Waals surface area (Å²) < 4.78 is 10.8. The predicted molar refractivity (Wildman–Crippen MR) is 123 cm³/mol. The van der Waals surface area contributed by atoms with Gasteiger partial charge in [-0.25, -0.2) is 9.79 Å². The van der Waals surface area contributed by atoms with Crippen LogP contribution in [0.25, 0.3) is 0 Å². The molecule has 1 unspecified atom stereocenters. The summed E-state index contributed by atoms with van der Waals surface area (Å²) >= 11 is 0. The summed E-state index contributed by atoms with van der Waals surface area (Å²) in [6.07, 6.45) is 0. The van der Waals surface area contributed by atoms with Gasteiger partial charge in [-0.15, -0.1) is 0 Å². The van der Waals surface area contributed by atoms with Crippen molar-refractivity contribution in [2.75, 3.05) is 6.61 Å². The molecule has 0 saturated carbocycles. The Morgan fingerprint density at radius 1 is 0.935 bits per heavy atom. The van der Waals surface area contributed by atoms with Crippen LogP contribution in [0, 0.1) is 5.92 Å². The first-order chi connectivity index (χ1) is 14.6. The number of esters is 2. The van der Waals surface area contributed by atoms with Crippen LogP contribution in [0.15, 0.2) is 76.9 Å². The van der Waals surface area contributed by atoms with Gasteiger partial charge >= 0.3 is 11.9 Å². The van der Waals surface area contributed by atoms with Crippen LogP contribution < -0.4 is 0 Å². The molecule has 2 aromatic rings. The normalized spacial score (nSPS) is 13.0. The highest BCUT2D eigenvalue weighted by Crippen LogP contribution is 2.23. The molecule has 2 rings (SSSR count). The van der Waals surface area contributed by atoms with Crippen LogP contribution in [-0.4, -0.2) is 29.9 Å². The van der Waals surface area contributed by atoms with Gasteiger partial charge in [-0.3, -0.25) is 4.79 Å². The van der Waals surface area contributed by atoms with E-state index in [4.69, 9.17) is 14.5 Å². The maximum absolute atomic E-state index is 13.1. The minimum absolute atomic E-state index is 0.109. The van der Waals surface area contributed by atoms with Crippen LogP contribution in [0.5, 0.6) is 0 Å². The molecule has 0 radical (unpaired) electrons. The monoisotopic (exact) mass is 421 g/mol. The second-order valence-electron chi connectivity index (χ2n) is 8.20. The number of hydrogen-bond acceptors (Lipinski definition) is 5. The fourth-order valence-corrected chi connectivity index (χ4v) is 2.87. The fraction of sp³-hybridized carbons (Fsp3) is 0.346. The van der Waals surface area contributed by atoms with E-state index in [9.17, 15) is 9.59 Å². The summed E-state index contributed by atoms with van der Waals surface area (Å²) in [7, 11) is 0. The topological polar surface area (TPSA) is 65.0 Å². The Balaban J connectivity index is 2.69. The van der Waals surface area contributed by atoms with E-state index < -0.39 is 23.5 Å². The average molecular weight is 422 g/mol. The number of carbonyl (C=O) groups is 2. The van der Waals surface area contributed by atoms with Crippen LogP contribution >= 0.6 is 0 Å². The van der Waals surface area contributed by atoms with E-state index >= 15 is 0 Å². The van der Waals surface area contributed by atoms with Gasteiger partial charge in [0.1, 0.15) is 11.3 Å². The SMILES string of the molecule is CCOC(=O)C(C)/C(C)=C(\N=C(c1ccccc1)c1ccccc1)C(=O)OC(C)(C)C. The van der Waals surface area contributed by atoms with E-state index in [1.807, 2.05) is 60.7 Å². The summed E-state index contributed by atoms with van der Waals surface area (Å²) in [6, 6.07) is 19.2. The zero-order valence-corrected chi connectivity index (χ0v) is 19.1. The van der Waals surface area contributed by atoms with Gasteiger partial charge in [0.25, 0.3) is 0 Å². The lowest BCUT2D eigenvalue weighted by atomic mass is 9.99. The van der Waals surface area contributed by atoms with E-state index in [1.54, 1.807) is 41.5 Å². The van der Waals surface area contributed by atoms with Gasteiger partial charge in [0.15, 0.2) is 0 Å². The predicted octanol–water partition coefficient (Wildman–Crippen LogP) is 5.34. The van der Waals surface area contributed by atoms with Gasteiger partial charge in [0.05, 0.1) is 18.2 Å². The minimum atomic E-state index is -0.703. The van der Waals surface area contributed by atoms with Crippen LogP contribution in [0.1, 0.15) is 52.7 Å². The summed E-state index contributed by atoms with van der Waals surface area (Å²) in [5, 5.41) is 0. The lowest BCUT2D eigenvalue weighted by Crippen LogP contribution is -2.27. The average Bonchev–Trinajstić information content (AvgIpc) is 2.73. The summed E-state index contributed by atoms with van der Waals surface area (Å²) in [4.78, 5) is 30.3.